The van der Waals surface area contributed by atoms with Crippen LogP contribution in [-0.4, -0.2) is 5.78 Å². The summed E-state index contributed by atoms with van der Waals surface area (Å²) in [5.41, 5.74) is 0.631. The van der Waals surface area contributed by atoms with Crippen molar-refractivity contribution in [3.05, 3.63) is 65.2 Å². The molecule has 0 saturated heterocycles. The fourth-order valence-electron chi connectivity index (χ4n) is 2.00. The monoisotopic (exact) mass is 308 g/mol. The summed E-state index contributed by atoms with van der Waals surface area (Å²) in [6.45, 7) is 1.56. The van der Waals surface area contributed by atoms with E-state index in [0.717, 1.165) is 17.7 Å². The smallest absolute Gasteiger partial charge is 0.416 e. The first-order valence-corrected chi connectivity index (χ1v) is 6.72. The van der Waals surface area contributed by atoms with E-state index in [0.29, 0.717) is 17.7 Å². The molecule has 0 aliphatic heterocycles. The molecule has 0 aliphatic carbocycles. The number of benzene rings is 2. The number of Topliss-reactive ketones (excluding diaryl/α,β-unsaturated/α-hetero) is 1. The number of halogens is 3. The van der Waals surface area contributed by atoms with Crippen LogP contribution in [0.1, 0.15) is 23.6 Å². The third-order valence-corrected chi connectivity index (χ3v) is 3.04. The largest absolute Gasteiger partial charge is 0.489 e. The van der Waals surface area contributed by atoms with Gasteiger partial charge in [-0.3, -0.25) is 4.79 Å². The number of carbonyl (C=O) groups excluding carboxylic acids is 1. The maximum atomic E-state index is 12.6. The average Bonchev–Trinajstić information content (AvgIpc) is 2.45. The van der Waals surface area contributed by atoms with Crippen LogP contribution in [-0.2, 0) is 24.0 Å². The molecule has 0 N–H and O–H groups in total. The maximum absolute atomic E-state index is 12.6. The molecule has 0 spiro atoms. The molecule has 2 aromatic rings. The zero-order valence-corrected chi connectivity index (χ0v) is 12.0. The van der Waals surface area contributed by atoms with E-state index >= 15 is 0 Å². The molecule has 0 unspecified atom stereocenters. The van der Waals surface area contributed by atoms with Gasteiger partial charge in [-0.1, -0.05) is 24.3 Å². The highest BCUT2D eigenvalue weighted by molar-refractivity contribution is 5.78. The van der Waals surface area contributed by atoms with Crippen molar-refractivity contribution in [1.82, 2.24) is 0 Å². The van der Waals surface area contributed by atoms with Crippen molar-refractivity contribution in [3.63, 3.8) is 0 Å². The maximum Gasteiger partial charge on any atom is 0.416 e. The van der Waals surface area contributed by atoms with Gasteiger partial charge in [0, 0.05) is 6.42 Å². The van der Waals surface area contributed by atoms with Crippen molar-refractivity contribution in [1.29, 1.82) is 0 Å². The third kappa shape index (κ3) is 4.62. The predicted octanol–water partition coefficient (Wildman–Crippen LogP) is 4.42. The van der Waals surface area contributed by atoms with Gasteiger partial charge in [0.2, 0.25) is 0 Å². The number of hydrogen-bond donors (Lipinski definition) is 0. The number of ketones is 1. The van der Waals surface area contributed by atoms with Crippen molar-refractivity contribution in [2.24, 2.45) is 0 Å². The second-order valence-electron chi connectivity index (χ2n) is 5.01. The molecule has 0 radical (unpaired) electrons. The van der Waals surface area contributed by atoms with Crippen LogP contribution in [0.4, 0.5) is 13.2 Å². The van der Waals surface area contributed by atoms with Gasteiger partial charge in [-0.15, -0.1) is 0 Å². The van der Waals surface area contributed by atoms with E-state index in [1.54, 1.807) is 30.3 Å². The Morgan fingerprint density at radius 2 is 1.73 bits per heavy atom. The highest BCUT2D eigenvalue weighted by atomic mass is 19.4. The van der Waals surface area contributed by atoms with Crippen LogP contribution in [0.5, 0.6) is 5.75 Å². The molecular weight excluding hydrogens is 293 g/mol. The summed E-state index contributed by atoms with van der Waals surface area (Å²) in [7, 11) is 0. The van der Waals surface area contributed by atoms with Crippen LogP contribution in [0.15, 0.2) is 48.5 Å². The van der Waals surface area contributed by atoms with Crippen LogP contribution < -0.4 is 4.74 Å². The van der Waals surface area contributed by atoms with Crippen LogP contribution in [0.2, 0.25) is 0 Å². The number of carbonyl (C=O) groups is 1. The number of alkyl halides is 3. The summed E-state index contributed by atoms with van der Waals surface area (Å²) >= 11 is 0. The third-order valence-electron chi connectivity index (χ3n) is 3.04. The summed E-state index contributed by atoms with van der Waals surface area (Å²) < 4.78 is 43.3. The molecule has 0 saturated carbocycles. The van der Waals surface area contributed by atoms with Gasteiger partial charge in [0.05, 0.1) is 5.56 Å². The zero-order valence-electron chi connectivity index (χ0n) is 12.0. The fourth-order valence-corrected chi connectivity index (χ4v) is 2.00. The topological polar surface area (TPSA) is 26.3 Å². The lowest BCUT2D eigenvalue weighted by atomic mass is 10.1. The molecule has 22 heavy (non-hydrogen) atoms. The van der Waals surface area contributed by atoms with Crippen LogP contribution in [0, 0.1) is 0 Å². The molecule has 116 valence electrons. The minimum atomic E-state index is -4.36. The summed E-state index contributed by atoms with van der Waals surface area (Å²) in [5.74, 6) is 0.613. The van der Waals surface area contributed by atoms with Gasteiger partial charge in [-0.05, 0) is 42.3 Å². The summed E-state index contributed by atoms with van der Waals surface area (Å²) in [5, 5.41) is 0. The van der Waals surface area contributed by atoms with E-state index in [-0.39, 0.29) is 12.4 Å². The minimum absolute atomic E-state index is 0.0516. The highest BCUT2D eigenvalue weighted by Gasteiger charge is 2.30. The Labute approximate surface area is 126 Å². The minimum Gasteiger partial charge on any atom is -0.489 e. The standard InChI is InChI=1S/C17H15F3O2/c1-12(21)9-13-5-7-16(8-6-13)22-11-14-3-2-4-15(10-14)17(18,19)20/h2-8,10H,9,11H2,1H3. The molecule has 0 aromatic heterocycles. The van der Waals surface area contributed by atoms with Crippen LogP contribution in [0.3, 0.4) is 0 Å². The van der Waals surface area contributed by atoms with Crippen molar-refractivity contribution < 1.29 is 22.7 Å². The second-order valence-corrected chi connectivity index (χ2v) is 5.01. The molecule has 0 bridgehead atoms. The van der Waals surface area contributed by atoms with Gasteiger partial charge in [-0.25, -0.2) is 0 Å². The first kappa shape index (κ1) is 16.1. The van der Waals surface area contributed by atoms with E-state index in [1.807, 2.05) is 0 Å². The predicted molar refractivity (Wildman–Crippen MR) is 76.6 cm³/mol. The fraction of sp³-hybridized carbons (Fsp3) is 0.235. The summed E-state index contributed by atoms with van der Waals surface area (Å²) in [6, 6.07) is 12.0. The Morgan fingerprint density at radius 3 is 2.32 bits per heavy atom. The highest BCUT2D eigenvalue weighted by Crippen LogP contribution is 2.29. The van der Waals surface area contributed by atoms with Gasteiger partial charge < -0.3 is 4.74 Å². The molecule has 0 atom stereocenters. The van der Waals surface area contributed by atoms with Crippen molar-refractivity contribution >= 4 is 5.78 Å². The van der Waals surface area contributed by atoms with E-state index in [4.69, 9.17) is 4.74 Å². The molecule has 2 nitrogen and oxygen atoms in total. The molecule has 0 fully saturated rings. The van der Waals surface area contributed by atoms with E-state index in [9.17, 15) is 18.0 Å². The van der Waals surface area contributed by atoms with E-state index in [2.05, 4.69) is 0 Å². The Bertz CT molecular complexity index is 646. The SMILES string of the molecule is CC(=O)Cc1ccc(OCc2cccc(C(F)(F)F)c2)cc1. The molecule has 5 heteroatoms. The first-order valence-electron chi connectivity index (χ1n) is 6.72. The summed E-state index contributed by atoms with van der Waals surface area (Å²) in [6.07, 6.45) is -4.00. The quantitative estimate of drug-likeness (QED) is 0.817. The van der Waals surface area contributed by atoms with Gasteiger partial charge >= 0.3 is 6.18 Å². The lowest BCUT2D eigenvalue weighted by molar-refractivity contribution is -0.137. The second kappa shape index (κ2) is 6.64. The first-order chi connectivity index (χ1) is 10.3. The molecule has 2 aromatic carbocycles. The van der Waals surface area contributed by atoms with Gasteiger partial charge in [0.1, 0.15) is 18.1 Å². The van der Waals surface area contributed by atoms with Crippen molar-refractivity contribution in [2.45, 2.75) is 26.1 Å². The normalized spacial score (nSPS) is 11.3. The van der Waals surface area contributed by atoms with E-state index < -0.39 is 11.7 Å². The Balaban J connectivity index is 1.99. The molecule has 0 heterocycles. The molecule has 0 amide bonds. The van der Waals surface area contributed by atoms with Crippen LogP contribution >= 0.6 is 0 Å². The van der Waals surface area contributed by atoms with Crippen LogP contribution in [0.25, 0.3) is 0 Å². The lowest BCUT2D eigenvalue weighted by Crippen LogP contribution is -2.06. The lowest BCUT2D eigenvalue weighted by Gasteiger charge is -2.10. The van der Waals surface area contributed by atoms with Crippen molar-refractivity contribution in [3.8, 4) is 5.75 Å². The molecule has 2 rings (SSSR count). The van der Waals surface area contributed by atoms with Gasteiger partial charge in [0.15, 0.2) is 0 Å². The number of rotatable bonds is 5. The number of ether oxygens (including phenoxy) is 1. The Morgan fingerprint density at radius 1 is 1.05 bits per heavy atom. The number of hydrogen-bond acceptors (Lipinski definition) is 2. The van der Waals surface area contributed by atoms with Gasteiger partial charge in [0.25, 0.3) is 0 Å². The summed E-state index contributed by atoms with van der Waals surface area (Å²) in [4.78, 5) is 11.0. The van der Waals surface area contributed by atoms with E-state index in [1.165, 1.54) is 13.0 Å². The molecular formula is C17H15F3O2. The Kier molecular flexibility index (Phi) is 4.85. The van der Waals surface area contributed by atoms with Gasteiger partial charge in [-0.2, -0.15) is 13.2 Å². The molecule has 0 aliphatic rings. The Hall–Kier alpha value is -2.30. The zero-order chi connectivity index (χ0) is 16.2. The average molecular weight is 308 g/mol. The van der Waals surface area contributed by atoms with Crippen molar-refractivity contribution in [2.75, 3.05) is 0 Å².